The van der Waals surface area contributed by atoms with Gasteiger partial charge in [-0.1, -0.05) is 11.6 Å². The number of H-pyrrole nitrogens is 1. The lowest BCUT2D eigenvalue weighted by atomic mass is 10.1. The lowest BCUT2D eigenvalue weighted by molar-refractivity contribution is -0.134. The van der Waals surface area contributed by atoms with Crippen molar-refractivity contribution in [3.63, 3.8) is 0 Å². The summed E-state index contributed by atoms with van der Waals surface area (Å²) in [5, 5.41) is 1.72. The first-order valence-electron chi connectivity index (χ1n) is 9.27. The number of rotatable bonds is 6. The van der Waals surface area contributed by atoms with Gasteiger partial charge in [-0.3, -0.25) is 9.69 Å². The maximum atomic E-state index is 12.9. The van der Waals surface area contributed by atoms with Crippen molar-refractivity contribution in [2.45, 2.75) is 38.8 Å². The lowest BCUT2D eigenvalue weighted by Crippen LogP contribution is -2.58. The third-order valence-corrected chi connectivity index (χ3v) is 5.53. The van der Waals surface area contributed by atoms with Crippen LogP contribution in [-0.2, 0) is 16.0 Å². The number of hydrogen-bond acceptors (Lipinski definition) is 3. The number of benzene rings is 1. The fourth-order valence-corrected chi connectivity index (χ4v) is 4.14. The number of aromatic nitrogens is 1. The largest absolute Gasteiger partial charge is 0.385 e. The van der Waals surface area contributed by atoms with Crippen LogP contribution in [-0.4, -0.2) is 66.1 Å². The Morgan fingerprint density at radius 2 is 2.04 bits per heavy atom. The summed E-state index contributed by atoms with van der Waals surface area (Å²) in [6, 6.07) is 6.45. The van der Waals surface area contributed by atoms with Gasteiger partial charge in [-0.15, -0.1) is 0 Å². The van der Waals surface area contributed by atoms with Gasteiger partial charge in [-0.25, -0.2) is 0 Å². The molecule has 1 aromatic heterocycles. The number of amides is 1. The van der Waals surface area contributed by atoms with Gasteiger partial charge >= 0.3 is 0 Å². The lowest BCUT2D eigenvalue weighted by Gasteiger charge is -2.44. The van der Waals surface area contributed by atoms with E-state index >= 15 is 0 Å². The summed E-state index contributed by atoms with van der Waals surface area (Å²) in [6.45, 7) is 7.75. The zero-order valence-corrected chi connectivity index (χ0v) is 16.6. The molecular formula is C20H28ClN3O2. The van der Waals surface area contributed by atoms with Gasteiger partial charge < -0.3 is 14.6 Å². The topological polar surface area (TPSA) is 48.6 Å². The predicted molar refractivity (Wildman–Crippen MR) is 106 cm³/mol. The molecule has 1 aliphatic rings. The molecule has 1 amide bonds. The number of aromatic amines is 1. The van der Waals surface area contributed by atoms with Gasteiger partial charge in [0.2, 0.25) is 5.91 Å². The first kappa shape index (κ1) is 19.2. The van der Waals surface area contributed by atoms with Crippen molar-refractivity contribution >= 4 is 28.4 Å². The van der Waals surface area contributed by atoms with E-state index in [2.05, 4.69) is 23.7 Å². The summed E-state index contributed by atoms with van der Waals surface area (Å²) < 4.78 is 5.16. The molecule has 3 rings (SSSR count). The average Bonchev–Trinajstić information content (AvgIpc) is 2.99. The molecule has 0 saturated carbocycles. The van der Waals surface area contributed by atoms with Crippen LogP contribution >= 0.6 is 11.6 Å². The molecule has 0 radical (unpaired) electrons. The van der Waals surface area contributed by atoms with E-state index in [0.29, 0.717) is 23.5 Å². The molecule has 142 valence electrons. The molecule has 0 aliphatic carbocycles. The van der Waals surface area contributed by atoms with E-state index in [1.165, 1.54) is 0 Å². The highest BCUT2D eigenvalue weighted by molar-refractivity contribution is 6.31. The summed E-state index contributed by atoms with van der Waals surface area (Å²) in [4.78, 5) is 20.6. The van der Waals surface area contributed by atoms with Crippen LogP contribution in [0, 0.1) is 0 Å². The van der Waals surface area contributed by atoms with Crippen molar-refractivity contribution in [3.8, 4) is 0 Å². The Hall–Kier alpha value is -1.56. The molecule has 2 atom stereocenters. The van der Waals surface area contributed by atoms with Gasteiger partial charge in [0, 0.05) is 67.6 Å². The van der Waals surface area contributed by atoms with Crippen LogP contribution in [0.5, 0.6) is 0 Å². The summed E-state index contributed by atoms with van der Waals surface area (Å²) in [5.41, 5.74) is 2.03. The molecule has 2 unspecified atom stereocenters. The minimum atomic E-state index is 0.182. The maximum Gasteiger partial charge on any atom is 0.227 e. The number of nitrogens with zero attached hydrogens (tertiary/aromatic N) is 2. The number of carbonyl (C=O) groups is 1. The van der Waals surface area contributed by atoms with Crippen molar-refractivity contribution < 1.29 is 9.53 Å². The Morgan fingerprint density at radius 1 is 1.31 bits per heavy atom. The summed E-state index contributed by atoms with van der Waals surface area (Å²) in [7, 11) is 1.74. The molecule has 5 nitrogen and oxygen atoms in total. The average molecular weight is 378 g/mol. The Kier molecular flexibility index (Phi) is 6.22. The van der Waals surface area contributed by atoms with Crippen LogP contribution < -0.4 is 0 Å². The molecule has 2 heterocycles. The summed E-state index contributed by atoms with van der Waals surface area (Å²) in [5.74, 6) is 0.182. The first-order chi connectivity index (χ1) is 12.5. The Morgan fingerprint density at radius 3 is 2.73 bits per heavy atom. The van der Waals surface area contributed by atoms with E-state index in [1.807, 2.05) is 29.3 Å². The van der Waals surface area contributed by atoms with Gasteiger partial charge in [0.25, 0.3) is 0 Å². The number of nitrogens with one attached hydrogen (secondary N) is 1. The normalized spacial score (nSPS) is 21.5. The molecule has 1 aliphatic heterocycles. The maximum absolute atomic E-state index is 12.9. The van der Waals surface area contributed by atoms with E-state index in [-0.39, 0.29) is 5.91 Å². The molecule has 1 aromatic carbocycles. The second kappa shape index (κ2) is 8.42. The van der Waals surface area contributed by atoms with Crippen molar-refractivity contribution in [1.29, 1.82) is 0 Å². The van der Waals surface area contributed by atoms with E-state index in [0.717, 1.165) is 49.1 Å². The zero-order chi connectivity index (χ0) is 18.7. The molecule has 2 aromatic rings. The molecule has 0 spiro atoms. The van der Waals surface area contributed by atoms with E-state index < -0.39 is 0 Å². The van der Waals surface area contributed by atoms with E-state index in [4.69, 9.17) is 16.3 Å². The monoisotopic (exact) mass is 377 g/mol. The molecule has 26 heavy (non-hydrogen) atoms. The van der Waals surface area contributed by atoms with Crippen LogP contribution in [0.2, 0.25) is 5.02 Å². The van der Waals surface area contributed by atoms with Gasteiger partial charge in [-0.2, -0.15) is 0 Å². The van der Waals surface area contributed by atoms with Crippen LogP contribution in [0.3, 0.4) is 0 Å². The highest BCUT2D eigenvalue weighted by Crippen LogP contribution is 2.24. The van der Waals surface area contributed by atoms with Crippen molar-refractivity contribution in [2.75, 3.05) is 33.4 Å². The van der Waals surface area contributed by atoms with Crippen LogP contribution in [0.1, 0.15) is 25.8 Å². The first-order valence-corrected chi connectivity index (χ1v) is 9.65. The highest BCUT2D eigenvalue weighted by atomic mass is 35.5. The Balaban J connectivity index is 1.64. The minimum Gasteiger partial charge on any atom is -0.385 e. The molecule has 0 bridgehead atoms. The molecule has 1 saturated heterocycles. The van der Waals surface area contributed by atoms with Crippen molar-refractivity contribution in [2.24, 2.45) is 0 Å². The minimum absolute atomic E-state index is 0.182. The molecule has 6 heteroatoms. The number of methoxy groups -OCH3 is 1. The third-order valence-electron chi connectivity index (χ3n) is 5.29. The molecular weight excluding hydrogens is 350 g/mol. The third kappa shape index (κ3) is 4.22. The fourth-order valence-electron chi connectivity index (χ4n) is 3.96. The predicted octanol–water partition coefficient (Wildman–Crippen LogP) is 3.32. The number of carbonyl (C=O) groups excluding carboxylic acids is 1. The summed E-state index contributed by atoms with van der Waals surface area (Å²) in [6.07, 6.45) is 3.35. The highest BCUT2D eigenvalue weighted by Gasteiger charge is 2.31. The van der Waals surface area contributed by atoms with Gasteiger partial charge in [0.15, 0.2) is 0 Å². The van der Waals surface area contributed by atoms with Gasteiger partial charge in [-0.05, 0) is 44.0 Å². The van der Waals surface area contributed by atoms with Crippen LogP contribution in [0.4, 0.5) is 0 Å². The number of fused-ring (bicyclic) bond motifs is 1. The van der Waals surface area contributed by atoms with Crippen molar-refractivity contribution in [3.05, 3.63) is 35.0 Å². The van der Waals surface area contributed by atoms with Gasteiger partial charge in [0.1, 0.15) is 0 Å². The standard InChI is InChI=1S/C20H28ClN3O2/c1-14-12-23(13-15(2)24(14)7-4-8-26-3)20(25)9-16-11-22-19-6-5-17(21)10-18(16)19/h5-6,10-11,14-15,22H,4,7-9,12-13H2,1-3H3. The van der Waals surface area contributed by atoms with Gasteiger partial charge in [0.05, 0.1) is 6.42 Å². The summed E-state index contributed by atoms with van der Waals surface area (Å²) >= 11 is 6.12. The fraction of sp³-hybridized carbons (Fsp3) is 0.550. The second-order valence-electron chi connectivity index (χ2n) is 7.26. The van der Waals surface area contributed by atoms with E-state index in [1.54, 1.807) is 7.11 Å². The van der Waals surface area contributed by atoms with Crippen molar-refractivity contribution in [1.82, 2.24) is 14.8 Å². The zero-order valence-electron chi connectivity index (χ0n) is 15.8. The SMILES string of the molecule is COCCCN1C(C)CN(C(=O)Cc2c[nH]c3ccc(Cl)cc23)CC1C. The number of ether oxygens (including phenoxy) is 1. The van der Waals surface area contributed by atoms with E-state index in [9.17, 15) is 4.79 Å². The smallest absolute Gasteiger partial charge is 0.227 e. The molecule has 1 fully saturated rings. The number of halogens is 1. The Bertz CT molecular complexity index is 749. The number of hydrogen-bond donors (Lipinski definition) is 1. The van der Waals surface area contributed by atoms with Crippen LogP contribution in [0.25, 0.3) is 10.9 Å². The van der Waals surface area contributed by atoms with Crippen LogP contribution in [0.15, 0.2) is 24.4 Å². The quantitative estimate of drug-likeness (QED) is 0.785. The molecule has 1 N–H and O–H groups in total. The second-order valence-corrected chi connectivity index (χ2v) is 7.70. The Labute approximate surface area is 160 Å². The number of piperazine rings is 1.